The Hall–Kier alpha value is -1.88. The predicted octanol–water partition coefficient (Wildman–Crippen LogP) is 2.29. The lowest BCUT2D eigenvalue weighted by Crippen LogP contribution is -1.95. The van der Waals surface area contributed by atoms with Crippen molar-refractivity contribution in [2.24, 2.45) is 0 Å². The van der Waals surface area contributed by atoms with Crippen molar-refractivity contribution in [2.45, 2.75) is 18.9 Å². The Labute approximate surface area is 98.0 Å². The molecule has 17 heavy (non-hydrogen) atoms. The Morgan fingerprint density at radius 2 is 2.06 bits per heavy atom. The SMILES string of the molecule is Oc1ccc(-c2noc(C3CCCO3)n2)cc1. The average Bonchev–Trinajstić information content (AvgIpc) is 3.00. The number of nitrogens with zero attached hydrogens (tertiary/aromatic N) is 2. The van der Waals surface area contributed by atoms with E-state index >= 15 is 0 Å². The van der Waals surface area contributed by atoms with E-state index in [0.29, 0.717) is 11.7 Å². The third kappa shape index (κ3) is 2.01. The molecule has 1 atom stereocenters. The molecule has 3 rings (SSSR count). The summed E-state index contributed by atoms with van der Waals surface area (Å²) in [5.74, 6) is 1.28. The summed E-state index contributed by atoms with van der Waals surface area (Å²) in [4.78, 5) is 4.31. The van der Waals surface area contributed by atoms with Crippen molar-refractivity contribution in [1.82, 2.24) is 10.1 Å². The Bertz CT molecular complexity index is 501. The van der Waals surface area contributed by atoms with E-state index in [1.165, 1.54) is 0 Å². The molecule has 1 unspecified atom stereocenters. The largest absolute Gasteiger partial charge is 0.508 e. The van der Waals surface area contributed by atoms with Crippen LogP contribution in [0.15, 0.2) is 28.8 Å². The first-order valence-corrected chi connectivity index (χ1v) is 5.57. The normalized spacial score (nSPS) is 19.6. The Morgan fingerprint density at radius 3 is 2.76 bits per heavy atom. The first-order chi connectivity index (χ1) is 8.33. The lowest BCUT2D eigenvalue weighted by molar-refractivity contribution is 0.0835. The topological polar surface area (TPSA) is 68.4 Å². The summed E-state index contributed by atoms with van der Waals surface area (Å²) in [6.07, 6.45) is 1.90. The minimum Gasteiger partial charge on any atom is -0.508 e. The van der Waals surface area contributed by atoms with Crippen LogP contribution in [0.5, 0.6) is 5.75 Å². The Morgan fingerprint density at radius 1 is 1.24 bits per heavy atom. The van der Waals surface area contributed by atoms with E-state index in [-0.39, 0.29) is 11.9 Å². The van der Waals surface area contributed by atoms with Crippen LogP contribution >= 0.6 is 0 Å². The molecular weight excluding hydrogens is 220 g/mol. The molecule has 0 amide bonds. The maximum absolute atomic E-state index is 9.20. The van der Waals surface area contributed by atoms with Crippen LogP contribution in [0.25, 0.3) is 11.4 Å². The summed E-state index contributed by atoms with van der Waals surface area (Å²) in [5.41, 5.74) is 0.816. The van der Waals surface area contributed by atoms with Gasteiger partial charge in [-0.3, -0.25) is 0 Å². The number of phenolic OH excluding ortho intramolecular Hbond substituents is 1. The van der Waals surface area contributed by atoms with Crippen LogP contribution in [-0.4, -0.2) is 21.9 Å². The standard InChI is InChI=1S/C12H12N2O3/c15-9-5-3-8(4-6-9)11-13-12(17-14-11)10-2-1-7-16-10/h3-6,10,15H,1-2,7H2. The van der Waals surface area contributed by atoms with Crippen molar-refractivity contribution in [3.8, 4) is 17.1 Å². The van der Waals surface area contributed by atoms with Crippen LogP contribution in [0.4, 0.5) is 0 Å². The lowest BCUT2D eigenvalue weighted by Gasteiger charge is -2.00. The molecule has 1 aromatic carbocycles. The summed E-state index contributed by atoms with van der Waals surface area (Å²) in [7, 11) is 0. The third-order valence-electron chi connectivity index (χ3n) is 2.77. The van der Waals surface area contributed by atoms with Crippen molar-refractivity contribution < 1.29 is 14.4 Å². The van der Waals surface area contributed by atoms with Crippen LogP contribution in [0, 0.1) is 0 Å². The smallest absolute Gasteiger partial charge is 0.256 e. The molecular formula is C12H12N2O3. The fraction of sp³-hybridized carbons (Fsp3) is 0.333. The Kier molecular flexibility index (Phi) is 2.53. The van der Waals surface area contributed by atoms with Crippen LogP contribution in [0.3, 0.4) is 0 Å². The molecule has 1 saturated heterocycles. The number of hydrogen-bond donors (Lipinski definition) is 1. The molecule has 1 aliphatic rings. The molecule has 0 saturated carbocycles. The van der Waals surface area contributed by atoms with Crippen LogP contribution in [0.2, 0.25) is 0 Å². The molecule has 2 aromatic rings. The molecule has 0 bridgehead atoms. The van der Waals surface area contributed by atoms with Gasteiger partial charge in [0.1, 0.15) is 11.9 Å². The highest BCUT2D eigenvalue weighted by Crippen LogP contribution is 2.28. The van der Waals surface area contributed by atoms with E-state index in [9.17, 15) is 5.11 Å². The number of ether oxygens (including phenoxy) is 1. The monoisotopic (exact) mass is 232 g/mol. The first-order valence-electron chi connectivity index (χ1n) is 5.57. The molecule has 1 aliphatic heterocycles. The minimum absolute atomic E-state index is 0.0617. The fourth-order valence-electron chi connectivity index (χ4n) is 1.87. The van der Waals surface area contributed by atoms with Gasteiger partial charge in [0.15, 0.2) is 0 Å². The summed E-state index contributed by atoms with van der Waals surface area (Å²) in [5, 5.41) is 13.1. The molecule has 88 valence electrons. The molecule has 0 spiro atoms. The highest BCUT2D eigenvalue weighted by molar-refractivity contribution is 5.55. The number of aromatic nitrogens is 2. The molecule has 1 N–H and O–H groups in total. The van der Waals surface area contributed by atoms with Gasteiger partial charge in [-0.25, -0.2) is 0 Å². The summed E-state index contributed by atoms with van der Waals surface area (Å²) in [6, 6.07) is 6.69. The summed E-state index contributed by atoms with van der Waals surface area (Å²) in [6.45, 7) is 0.752. The van der Waals surface area contributed by atoms with E-state index in [2.05, 4.69) is 10.1 Å². The van der Waals surface area contributed by atoms with Gasteiger partial charge in [0.2, 0.25) is 5.82 Å². The third-order valence-corrected chi connectivity index (χ3v) is 2.77. The van der Waals surface area contributed by atoms with E-state index in [1.807, 2.05) is 0 Å². The number of hydrogen-bond acceptors (Lipinski definition) is 5. The van der Waals surface area contributed by atoms with Gasteiger partial charge in [0, 0.05) is 12.2 Å². The van der Waals surface area contributed by atoms with Crippen LogP contribution in [0.1, 0.15) is 24.8 Å². The maximum Gasteiger partial charge on any atom is 0.256 e. The zero-order chi connectivity index (χ0) is 11.7. The highest BCUT2D eigenvalue weighted by atomic mass is 16.5. The van der Waals surface area contributed by atoms with Crippen LogP contribution in [-0.2, 0) is 4.74 Å². The van der Waals surface area contributed by atoms with Gasteiger partial charge in [-0.05, 0) is 37.1 Å². The van der Waals surface area contributed by atoms with Crippen molar-refractivity contribution in [2.75, 3.05) is 6.61 Å². The minimum atomic E-state index is -0.0617. The molecule has 0 aliphatic carbocycles. The van der Waals surface area contributed by atoms with Crippen molar-refractivity contribution in [1.29, 1.82) is 0 Å². The van der Waals surface area contributed by atoms with Gasteiger partial charge in [-0.15, -0.1) is 0 Å². The molecule has 5 nitrogen and oxygen atoms in total. The zero-order valence-corrected chi connectivity index (χ0v) is 9.17. The fourth-order valence-corrected chi connectivity index (χ4v) is 1.87. The number of aromatic hydroxyl groups is 1. The average molecular weight is 232 g/mol. The van der Waals surface area contributed by atoms with Crippen molar-refractivity contribution >= 4 is 0 Å². The van der Waals surface area contributed by atoms with Gasteiger partial charge in [-0.1, -0.05) is 5.16 Å². The molecule has 1 fully saturated rings. The van der Waals surface area contributed by atoms with E-state index in [4.69, 9.17) is 9.26 Å². The molecule has 1 aromatic heterocycles. The second kappa shape index (κ2) is 4.18. The van der Waals surface area contributed by atoms with Gasteiger partial charge >= 0.3 is 0 Å². The summed E-state index contributed by atoms with van der Waals surface area (Å²) < 4.78 is 10.7. The molecule has 2 heterocycles. The maximum atomic E-state index is 9.20. The van der Waals surface area contributed by atoms with Gasteiger partial charge in [0.25, 0.3) is 5.89 Å². The van der Waals surface area contributed by atoms with Crippen LogP contribution < -0.4 is 0 Å². The molecule has 5 heteroatoms. The van der Waals surface area contributed by atoms with Gasteiger partial charge in [-0.2, -0.15) is 4.98 Å². The highest BCUT2D eigenvalue weighted by Gasteiger charge is 2.24. The quantitative estimate of drug-likeness (QED) is 0.860. The Balaban J connectivity index is 1.86. The first kappa shape index (κ1) is 10.3. The van der Waals surface area contributed by atoms with Crippen molar-refractivity contribution in [3.05, 3.63) is 30.2 Å². The second-order valence-electron chi connectivity index (χ2n) is 4.00. The summed E-state index contributed by atoms with van der Waals surface area (Å²) >= 11 is 0. The van der Waals surface area contributed by atoms with Gasteiger partial charge < -0.3 is 14.4 Å². The number of rotatable bonds is 2. The van der Waals surface area contributed by atoms with Crippen molar-refractivity contribution in [3.63, 3.8) is 0 Å². The molecule has 0 radical (unpaired) electrons. The van der Waals surface area contributed by atoms with E-state index in [1.54, 1.807) is 24.3 Å². The zero-order valence-electron chi connectivity index (χ0n) is 9.17. The number of benzene rings is 1. The predicted molar refractivity (Wildman–Crippen MR) is 59.3 cm³/mol. The number of phenols is 1. The van der Waals surface area contributed by atoms with Gasteiger partial charge in [0.05, 0.1) is 0 Å². The second-order valence-corrected chi connectivity index (χ2v) is 4.00. The van der Waals surface area contributed by atoms with E-state index < -0.39 is 0 Å². The lowest BCUT2D eigenvalue weighted by atomic mass is 10.2. The van der Waals surface area contributed by atoms with E-state index in [0.717, 1.165) is 25.0 Å².